The van der Waals surface area contributed by atoms with Gasteiger partial charge in [0.2, 0.25) is 11.5 Å². The second-order valence-corrected chi connectivity index (χ2v) is 6.20. The molecule has 0 atom stereocenters. The van der Waals surface area contributed by atoms with Gasteiger partial charge in [-0.2, -0.15) is 13.1 Å². The standard InChI is InChI=1S/C12H13F3N6O5S/c13-8-2-1-6(5-7(8)10(14)15)18-11(19-22)9-12(21-26-20-9)25-4-3-17-27(16,23)24/h1-2,5,10,17,22H,3-4H2,(H,18,19)(H2,16,23,24). The van der Waals surface area contributed by atoms with Gasteiger partial charge in [0.15, 0.2) is 0 Å². The number of benzene rings is 1. The maximum atomic E-state index is 13.3. The van der Waals surface area contributed by atoms with Crippen LogP contribution in [-0.2, 0) is 10.2 Å². The summed E-state index contributed by atoms with van der Waals surface area (Å²) in [5, 5.41) is 26.0. The second kappa shape index (κ2) is 8.65. The van der Waals surface area contributed by atoms with Gasteiger partial charge in [-0.25, -0.2) is 22.9 Å². The third-order valence-electron chi connectivity index (χ3n) is 2.92. The zero-order valence-corrected chi connectivity index (χ0v) is 14.1. The fourth-order valence-electron chi connectivity index (χ4n) is 1.81. The predicted octanol–water partition coefficient (Wildman–Crippen LogP) is 0.566. The molecule has 0 aliphatic carbocycles. The van der Waals surface area contributed by atoms with Crippen molar-refractivity contribution >= 4 is 21.7 Å². The molecule has 5 N–H and O–H groups in total. The molecule has 1 aromatic heterocycles. The topological polar surface area (TPSA) is 165 Å². The highest BCUT2D eigenvalue weighted by molar-refractivity contribution is 7.87. The summed E-state index contributed by atoms with van der Waals surface area (Å²) < 4.78 is 71.8. The Hall–Kier alpha value is -2.91. The third-order valence-corrected chi connectivity index (χ3v) is 3.53. The lowest BCUT2D eigenvalue weighted by molar-refractivity contribution is 0.146. The minimum Gasteiger partial charge on any atom is -0.472 e. The quantitative estimate of drug-likeness (QED) is 0.161. The van der Waals surface area contributed by atoms with E-state index in [1.54, 1.807) is 0 Å². The molecule has 15 heteroatoms. The Labute approximate surface area is 150 Å². The number of aromatic nitrogens is 2. The van der Waals surface area contributed by atoms with Gasteiger partial charge in [0.25, 0.3) is 22.5 Å². The van der Waals surface area contributed by atoms with E-state index < -0.39 is 33.9 Å². The number of hydrogen-bond donors (Lipinski definition) is 4. The molecule has 11 nitrogen and oxygen atoms in total. The molecule has 0 aliphatic rings. The average molecular weight is 410 g/mol. The molecule has 0 unspecified atom stereocenters. The number of nitrogens with two attached hydrogens (primary N) is 1. The number of alkyl halides is 2. The van der Waals surface area contributed by atoms with Crippen molar-refractivity contribution in [2.75, 3.05) is 18.5 Å². The van der Waals surface area contributed by atoms with Crippen molar-refractivity contribution in [3.8, 4) is 5.88 Å². The Morgan fingerprint density at radius 3 is 2.78 bits per heavy atom. The number of anilines is 1. The van der Waals surface area contributed by atoms with Gasteiger partial charge in [-0.3, -0.25) is 0 Å². The lowest BCUT2D eigenvalue weighted by Crippen LogP contribution is -2.34. The van der Waals surface area contributed by atoms with Gasteiger partial charge < -0.3 is 15.3 Å². The number of amidine groups is 1. The van der Waals surface area contributed by atoms with Crippen LogP contribution < -0.4 is 19.9 Å². The summed E-state index contributed by atoms with van der Waals surface area (Å²) in [6, 6.07) is 2.74. The molecule has 0 saturated heterocycles. The lowest BCUT2D eigenvalue weighted by atomic mass is 10.2. The molecule has 0 aliphatic heterocycles. The second-order valence-electron chi connectivity index (χ2n) is 4.82. The number of nitrogens with one attached hydrogen (secondary N) is 2. The van der Waals surface area contributed by atoms with Crippen molar-refractivity contribution in [2.45, 2.75) is 6.43 Å². The highest BCUT2D eigenvalue weighted by Gasteiger charge is 2.21. The largest absolute Gasteiger partial charge is 0.472 e. The normalized spacial score (nSPS) is 12.4. The molecule has 0 saturated carbocycles. The SMILES string of the molecule is NS(=O)(=O)NCCOc1nonc1/C(=N/O)Nc1ccc(F)c(C(F)F)c1. The Morgan fingerprint density at radius 2 is 2.15 bits per heavy atom. The van der Waals surface area contributed by atoms with E-state index in [1.165, 1.54) is 0 Å². The Morgan fingerprint density at radius 1 is 1.41 bits per heavy atom. The van der Waals surface area contributed by atoms with Gasteiger partial charge in [-0.1, -0.05) is 5.16 Å². The van der Waals surface area contributed by atoms with Crippen LogP contribution in [0.3, 0.4) is 0 Å². The maximum Gasteiger partial charge on any atom is 0.287 e. The first-order valence-corrected chi connectivity index (χ1v) is 8.55. The fraction of sp³-hybridized carbons (Fsp3) is 0.250. The van der Waals surface area contributed by atoms with Crippen LogP contribution in [0.15, 0.2) is 28.0 Å². The van der Waals surface area contributed by atoms with E-state index in [1.807, 2.05) is 4.72 Å². The van der Waals surface area contributed by atoms with E-state index in [9.17, 15) is 21.6 Å². The molecule has 148 valence electrons. The number of ether oxygens (including phenoxy) is 1. The summed E-state index contributed by atoms with van der Waals surface area (Å²) >= 11 is 0. The van der Waals surface area contributed by atoms with Gasteiger partial charge in [0.1, 0.15) is 12.4 Å². The summed E-state index contributed by atoms with van der Waals surface area (Å²) in [7, 11) is -3.91. The maximum absolute atomic E-state index is 13.3. The molecule has 0 amide bonds. The molecule has 0 spiro atoms. The summed E-state index contributed by atoms with van der Waals surface area (Å²) in [5.41, 5.74) is -1.15. The Balaban J connectivity index is 2.11. The van der Waals surface area contributed by atoms with Gasteiger partial charge in [-0.15, -0.1) is 0 Å². The first-order chi connectivity index (χ1) is 12.7. The molecule has 0 bridgehead atoms. The molecular weight excluding hydrogens is 397 g/mol. The molecule has 1 heterocycles. The van der Waals surface area contributed by atoms with Gasteiger partial charge in [-0.05, 0) is 28.5 Å². The van der Waals surface area contributed by atoms with Gasteiger partial charge in [0, 0.05) is 12.2 Å². The summed E-state index contributed by atoms with van der Waals surface area (Å²) in [6.45, 7) is -0.442. The average Bonchev–Trinajstić information content (AvgIpc) is 3.05. The first-order valence-electron chi connectivity index (χ1n) is 7.01. The smallest absolute Gasteiger partial charge is 0.287 e. The van der Waals surface area contributed by atoms with Crippen LogP contribution >= 0.6 is 0 Å². The predicted molar refractivity (Wildman–Crippen MR) is 84.2 cm³/mol. The van der Waals surface area contributed by atoms with Gasteiger partial charge in [0.05, 0.1) is 5.56 Å². The van der Waals surface area contributed by atoms with E-state index in [0.29, 0.717) is 0 Å². The van der Waals surface area contributed by atoms with E-state index in [2.05, 4.69) is 25.4 Å². The van der Waals surface area contributed by atoms with Crippen LogP contribution in [0.2, 0.25) is 0 Å². The lowest BCUT2D eigenvalue weighted by Gasteiger charge is -2.09. The molecule has 1 aromatic carbocycles. The van der Waals surface area contributed by atoms with Crippen LogP contribution in [0, 0.1) is 5.82 Å². The van der Waals surface area contributed by atoms with Crippen molar-refractivity contribution in [1.29, 1.82) is 0 Å². The van der Waals surface area contributed by atoms with E-state index in [0.717, 1.165) is 18.2 Å². The Bertz CT molecular complexity index is 920. The summed E-state index contributed by atoms with van der Waals surface area (Å²) in [5.74, 6) is -1.80. The van der Waals surface area contributed by atoms with Gasteiger partial charge >= 0.3 is 0 Å². The fourth-order valence-corrected chi connectivity index (χ4v) is 2.18. The Kier molecular flexibility index (Phi) is 6.54. The van der Waals surface area contributed by atoms with Crippen LogP contribution in [-0.4, -0.2) is 42.9 Å². The molecule has 2 aromatic rings. The van der Waals surface area contributed by atoms with Crippen molar-refractivity contribution in [2.24, 2.45) is 10.3 Å². The van der Waals surface area contributed by atoms with Crippen LogP contribution in [0.4, 0.5) is 18.9 Å². The number of nitrogens with zero attached hydrogens (tertiary/aromatic N) is 3. The van der Waals surface area contributed by atoms with Crippen LogP contribution in [0.25, 0.3) is 0 Å². The number of rotatable bonds is 8. The number of hydrogen-bond acceptors (Lipinski definition) is 8. The number of oxime groups is 1. The minimum atomic E-state index is -3.91. The molecule has 2 rings (SSSR count). The monoisotopic (exact) mass is 410 g/mol. The summed E-state index contributed by atoms with van der Waals surface area (Å²) in [6.07, 6.45) is -3.06. The highest BCUT2D eigenvalue weighted by atomic mass is 32.2. The van der Waals surface area contributed by atoms with E-state index in [-0.39, 0.29) is 30.4 Å². The molecule has 0 fully saturated rings. The summed E-state index contributed by atoms with van der Waals surface area (Å²) in [4.78, 5) is 0. The van der Waals surface area contributed by atoms with Crippen molar-refractivity contribution in [3.05, 3.63) is 35.3 Å². The van der Waals surface area contributed by atoms with Crippen LogP contribution in [0.1, 0.15) is 17.7 Å². The van der Waals surface area contributed by atoms with E-state index in [4.69, 9.17) is 15.1 Å². The van der Waals surface area contributed by atoms with Crippen LogP contribution in [0.5, 0.6) is 5.88 Å². The molecular formula is C12H13F3N6O5S. The zero-order chi connectivity index (χ0) is 20.0. The molecule has 27 heavy (non-hydrogen) atoms. The van der Waals surface area contributed by atoms with Crippen molar-refractivity contribution in [1.82, 2.24) is 15.0 Å². The molecule has 0 radical (unpaired) electrons. The number of halogens is 3. The third kappa shape index (κ3) is 5.80. The minimum absolute atomic E-state index is 0.0376. The zero-order valence-electron chi connectivity index (χ0n) is 13.3. The highest BCUT2D eigenvalue weighted by Crippen LogP contribution is 2.25. The van der Waals surface area contributed by atoms with Crippen molar-refractivity contribution < 1.29 is 36.2 Å². The van der Waals surface area contributed by atoms with Crippen molar-refractivity contribution in [3.63, 3.8) is 0 Å². The van der Waals surface area contributed by atoms with E-state index >= 15 is 0 Å². The first kappa shape index (κ1) is 20.4.